The normalized spacial score (nSPS) is 12.7. The minimum atomic E-state index is 0.153. The first-order valence-electron chi connectivity index (χ1n) is 6.15. The first-order valence-corrected chi connectivity index (χ1v) is 6.94. The largest absolute Gasteiger partial charge is 0.369 e. The Morgan fingerprint density at radius 3 is 2.63 bits per heavy atom. The molecule has 0 amide bonds. The highest BCUT2D eigenvalue weighted by Gasteiger charge is 2.15. The Kier molecular flexibility index (Phi) is 3.03. The van der Waals surface area contributed by atoms with E-state index >= 15 is 0 Å². The first-order chi connectivity index (χ1) is 9.16. The molecule has 19 heavy (non-hydrogen) atoms. The number of nitrogens with zero attached hydrogens (tertiary/aromatic N) is 2. The van der Waals surface area contributed by atoms with Crippen LogP contribution in [0.2, 0.25) is 0 Å². The fraction of sp³-hybridized carbons (Fsp3) is 0.133. The summed E-state index contributed by atoms with van der Waals surface area (Å²) in [5, 5.41) is 0. The second kappa shape index (κ2) is 4.70. The summed E-state index contributed by atoms with van der Waals surface area (Å²) >= 11 is 3.50. The number of fused-ring (bicyclic) bond motifs is 1. The van der Waals surface area contributed by atoms with Crippen molar-refractivity contribution in [3.63, 3.8) is 0 Å². The van der Waals surface area contributed by atoms with Gasteiger partial charge in [0.15, 0.2) is 0 Å². The highest BCUT2D eigenvalue weighted by Crippen LogP contribution is 2.28. The van der Waals surface area contributed by atoms with E-state index in [0.717, 1.165) is 15.5 Å². The number of nitrogen functional groups attached to an aromatic ring is 1. The number of hydrogen-bond donors (Lipinski definition) is 1. The minimum absolute atomic E-state index is 0.153. The van der Waals surface area contributed by atoms with Crippen LogP contribution < -0.4 is 5.73 Å². The summed E-state index contributed by atoms with van der Waals surface area (Å²) in [6, 6.07) is 16.5. The van der Waals surface area contributed by atoms with Gasteiger partial charge in [0.25, 0.3) is 0 Å². The molecule has 2 N–H and O–H groups in total. The van der Waals surface area contributed by atoms with Crippen molar-refractivity contribution in [1.82, 2.24) is 9.55 Å². The number of halogens is 1. The van der Waals surface area contributed by atoms with Crippen molar-refractivity contribution in [3.05, 3.63) is 58.6 Å². The molecule has 0 unspecified atom stereocenters. The van der Waals surface area contributed by atoms with Gasteiger partial charge in [-0.1, -0.05) is 46.3 Å². The summed E-state index contributed by atoms with van der Waals surface area (Å²) in [4.78, 5) is 4.42. The average Bonchev–Trinajstić information content (AvgIpc) is 2.74. The summed E-state index contributed by atoms with van der Waals surface area (Å²) in [5.41, 5.74) is 9.26. The van der Waals surface area contributed by atoms with Crippen molar-refractivity contribution in [2.75, 3.05) is 5.73 Å². The second-order valence-corrected chi connectivity index (χ2v) is 5.48. The maximum Gasteiger partial charge on any atom is 0.201 e. The van der Waals surface area contributed by atoms with Crippen LogP contribution in [-0.4, -0.2) is 9.55 Å². The summed E-state index contributed by atoms with van der Waals surface area (Å²) in [6.45, 7) is 2.13. The Bertz CT molecular complexity index is 719. The van der Waals surface area contributed by atoms with Gasteiger partial charge in [-0.25, -0.2) is 4.98 Å². The molecule has 0 spiro atoms. The van der Waals surface area contributed by atoms with E-state index in [1.165, 1.54) is 5.56 Å². The summed E-state index contributed by atoms with van der Waals surface area (Å²) in [7, 11) is 0. The van der Waals surface area contributed by atoms with E-state index in [1.807, 2.05) is 30.3 Å². The number of hydrogen-bond acceptors (Lipinski definition) is 2. The molecule has 3 rings (SSSR count). The third kappa shape index (κ3) is 2.12. The van der Waals surface area contributed by atoms with Crippen LogP contribution in [0.3, 0.4) is 0 Å². The van der Waals surface area contributed by atoms with Crippen molar-refractivity contribution in [2.24, 2.45) is 0 Å². The monoisotopic (exact) mass is 315 g/mol. The average molecular weight is 316 g/mol. The van der Waals surface area contributed by atoms with Gasteiger partial charge < -0.3 is 10.3 Å². The molecule has 0 radical (unpaired) electrons. The van der Waals surface area contributed by atoms with Gasteiger partial charge in [0.05, 0.1) is 17.1 Å². The topological polar surface area (TPSA) is 43.8 Å². The van der Waals surface area contributed by atoms with Crippen LogP contribution in [0.15, 0.2) is 53.0 Å². The Morgan fingerprint density at radius 1 is 1.16 bits per heavy atom. The number of benzene rings is 2. The van der Waals surface area contributed by atoms with Crippen LogP contribution in [0.4, 0.5) is 5.95 Å². The number of aromatic nitrogens is 2. The van der Waals surface area contributed by atoms with Crippen LogP contribution in [-0.2, 0) is 0 Å². The fourth-order valence-electron chi connectivity index (χ4n) is 2.37. The molecule has 0 aliphatic heterocycles. The molecule has 3 nitrogen and oxygen atoms in total. The van der Waals surface area contributed by atoms with Crippen molar-refractivity contribution in [3.8, 4) is 0 Å². The van der Waals surface area contributed by atoms with E-state index < -0.39 is 0 Å². The van der Waals surface area contributed by atoms with Crippen LogP contribution in [0, 0.1) is 0 Å². The number of nitrogens with two attached hydrogens (primary N) is 1. The third-order valence-corrected chi connectivity index (χ3v) is 3.84. The lowest BCUT2D eigenvalue weighted by Gasteiger charge is -2.16. The molecule has 0 saturated heterocycles. The van der Waals surface area contributed by atoms with Gasteiger partial charge in [-0.05, 0) is 30.7 Å². The van der Waals surface area contributed by atoms with Crippen molar-refractivity contribution >= 4 is 32.9 Å². The molecule has 0 saturated carbocycles. The lowest BCUT2D eigenvalue weighted by Crippen LogP contribution is -2.10. The lowest BCUT2D eigenvalue weighted by molar-refractivity contribution is 0.668. The van der Waals surface area contributed by atoms with Gasteiger partial charge in [0.2, 0.25) is 5.95 Å². The molecule has 0 fully saturated rings. The fourth-order valence-corrected chi connectivity index (χ4v) is 2.72. The molecule has 1 atom stereocenters. The van der Waals surface area contributed by atoms with Gasteiger partial charge in [-0.15, -0.1) is 0 Å². The van der Waals surface area contributed by atoms with Gasteiger partial charge in [0.1, 0.15) is 0 Å². The Morgan fingerprint density at radius 2 is 1.89 bits per heavy atom. The van der Waals surface area contributed by atoms with E-state index in [0.29, 0.717) is 5.95 Å². The van der Waals surface area contributed by atoms with Gasteiger partial charge >= 0.3 is 0 Å². The highest BCUT2D eigenvalue weighted by molar-refractivity contribution is 9.10. The summed E-state index contributed by atoms with van der Waals surface area (Å²) < 4.78 is 3.09. The van der Waals surface area contributed by atoms with E-state index in [1.54, 1.807) is 0 Å². The maximum atomic E-state index is 6.08. The van der Waals surface area contributed by atoms with Crippen LogP contribution >= 0.6 is 15.9 Å². The van der Waals surface area contributed by atoms with E-state index in [-0.39, 0.29) is 6.04 Å². The van der Waals surface area contributed by atoms with Gasteiger partial charge in [0, 0.05) is 4.47 Å². The predicted octanol–water partition coefficient (Wildman–Crippen LogP) is 3.99. The number of rotatable bonds is 2. The standard InChI is InChI=1S/C15H14BrN3/c1-10(11-5-3-2-4-6-11)19-14-9-12(16)7-8-13(14)18-15(19)17/h2-10H,1H3,(H2,17,18)/t10-/m1/s1. The highest BCUT2D eigenvalue weighted by atomic mass is 79.9. The Balaban J connectivity index is 2.19. The van der Waals surface area contributed by atoms with Gasteiger partial charge in [-0.2, -0.15) is 0 Å². The zero-order chi connectivity index (χ0) is 13.4. The van der Waals surface area contributed by atoms with Crippen molar-refractivity contribution in [1.29, 1.82) is 0 Å². The lowest BCUT2D eigenvalue weighted by atomic mass is 10.1. The predicted molar refractivity (Wildman–Crippen MR) is 82.1 cm³/mol. The number of anilines is 1. The minimum Gasteiger partial charge on any atom is -0.369 e. The molecule has 1 heterocycles. The summed E-state index contributed by atoms with van der Waals surface area (Å²) in [6.07, 6.45) is 0. The molecule has 0 bridgehead atoms. The molecule has 1 aromatic heterocycles. The Hall–Kier alpha value is -1.81. The SMILES string of the molecule is C[C@H](c1ccccc1)n1c(N)nc2ccc(Br)cc21. The van der Waals surface area contributed by atoms with Crippen LogP contribution in [0.1, 0.15) is 18.5 Å². The maximum absolute atomic E-state index is 6.08. The second-order valence-electron chi connectivity index (χ2n) is 4.56. The van der Waals surface area contributed by atoms with Crippen molar-refractivity contribution < 1.29 is 0 Å². The smallest absolute Gasteiger partial charge is 0.201 e. The van der Waals surface area contributed by atoms with E-state index in [4.69, 9.17) is 5.73 Å². The van der Waals surface area contributed by atoms with E-state index in [2.05, 4.69) is 50.6 Å². The quantitative estimate of drug-likeness (QED) is 0.777. The zero-order valence-corrected chi connectivity index (χ0v) is 12.1. The van der Waals surface area contributed by atoms with Gasteiger partial charge in [-0.3, -0.25) is 0 Å². The van der Waals surface area contributed by atoms with Crippen LogP contribution in [0.5, 0.6) is 0 Å². The zero-order valence-electron chi connectivity index (χ0n) is 10.5. The summed E-state index contributed by atoms with van der Waals surface area (Å²) in [5.74, 6) is 0.546. The molecule has 2 aromatic carbocycles. The van der Waals surface area contributed by atoms with E-state index in [9.17, 15) is 0 Å². The molecule has 3 aromatic rings. The van der Waals surface area contributed by atoms with Crippen molar-refractivity contribution in [2.45, 2.75) is 13.0 Å². The molecular weight excluding hydrogens is 302 g/mol. The first kappa shape index (κ1) is 12.2. The van der Waals surface area contributed by atoms with Crippen LogP contribution in [0.25, 0.3) is 11.0 Å². The molecule has 4 heteroatoms. The Labute approximate surface area is 120 Å². The third-order valence-electron chi connectivity index (χ3n) is 3.35. The molecule has 96 valence electrons. The molecule has 0 aliphatic carbocycles. The molecular formula is C15H14BrN3. The molecule has 0 aliphatic rings. The number of imidazole rings is 1.